The van der Waals surface area contributed by atoms with Crippen LogP contribution in [-0.2, 0) is 26.0 Å². The summed E-state index contributed by atoms with van der Waals surface area (Å²) in [6.07, 6.45) is -0.186. The second-order valence-electron chi connectivity index (χ2n) is 5.76. The van der Waals surface area contributed by atoms with E-state index in [0.29, 0.717) is 0 Å². The molecular weight excluding hydrogens is 362 g/mol. The molecule has 1 amide bonds. The summed E-state index contributed by atoms with van der Waals surface area (Å²) >= 11 is 0.982. The number of nitrogens with zero attached hydrogens (tertiary/aromatic N) is 5. The summed E-state index contributed by atoms with van der Waals surface area (Å²) < 4.78 is 25.1. The fourth-order valence-corrected chi connectivity index (χ4v) is 6.84. The molecule has 3 rings (SSSR count). The van der Waals surface area contributed by atoms with E-state index in [0.717, 1.165) is 16.7 Å². The largest absolute Gasteiger partial charge is 0.480 e. The van der Waals surface area contributed by atoms with Crippen molar-refractivity contribution in [3.8, 4) is 0 Å². The molecule has 0 aliphatic carbocycles. The zero-order valence-electron chi connectivity index (χ0n) is 12.6. The Hall–Kier alpha value is -1.73. The van der Waals surface area contributed by atoms with Crippen molar-refractivity contribution in [2.45, 2.75) is 41.2 Å². The van der Waals surface area contributed by atoms with Gasteiger partial charge in [0.15, 0.2) is 15.9 Å². The molecular formula is C11H15N5O6S2. The molecule has 3 heterocycles. The van der Waals surface area contributed by atoms with Crippen molar-refractivity contribution in [2.75, 3.05) is 12.4 Å². The first-order valence-corrected chi connectivity index (χ1v) is 9.54. The maximum absolute atomic E-state index is 12.7. The third-order valence-electron chi connectivity index (χ3n) is 4.34. The fourth-order valence-electron chi connectivity index (χ4n) is 3.02. The number of carboxylic acid groups (broad SMARTS) is 1. The first-order valence-electron chi connectivity index (χ1n) is 7.01. The molecule has 0 spiro atoms. The van der Waals surface area contributed by atoms with Gasteiger partial charge in [0.1, 0.15) is 10.1 Å². The van der Waals surface area contributed by atoms with Crippen molar-refractivity contribution in [3.05, 3.63) is 0 Å². The van der Waals surface area contributed by atoms with E-state index in [4.69, 9.17) is 5.11 Å². The Kier molecular flexibility index (Phi) is 4.04. The number of β-lactam (4-membered cyclic amide) rings is 1. The molecule has 2 aliphatic rings. The maximum atomic E-state index is 12.7. The van der Waals surface area contributed by atoms with Gasteiger partial charge in [0.05, 0.1) is 19.6 Å². The summed E-state index contributed by atoms with van der Waals surface area (Å²) in [4.78, 5) is 24.3. The third kappa shape index (κ3) is 2.22. The zero-order valence-corrected chi connectivity index (χ0v) is 14.2. The monoisotopic (exact) mass is 377 g/mol. The number of aromatic nitrogens is 4. The van der Waals surface area contributed by atoms with Gasteiger partial charge >= 0.3 is 5.97 Å². The average molecular weight is 377 g/mol. The number of thioether (sulfide) groups is 1. The van der Waals surface area contributed by atoms with Gasteiger partial charge in [-0.15, -0.1) is 5.10 Å². The van der Waals surface area contributed by atoms with Gasteiger partial charge in [-0.05, 0) is 17.4 Å². The molecule has 13 heteroatoms. The van der Waals surface area contributed by atoms with Crippen LogP contribution in [0.15, 0.2) is 5.16 Å². The lowest BCUT2D eigenvalue weighted by Crippen LogP contribution is -2.57. The second-order valence-corrected chi connectivity index (χ2v) is 9.26. The molecule has 0 bridgehead atoms. The molecule has 24 heavy (non-hydrogen) atoms. The molecule has 2 saturated heterocycles. The molecule has 0 saturated carbocycles. The number of sulfone groups is 1. The van der Waals surface area contributed by atoms with E-state index >= 15 is 0 Å². The Labute approximate surface area is 140 Å². The van der Waals surface area contributed by atoms with E-state index in [1.54, 1.807) is 0 Å². The normalized spacial score (nSPS) is 30.9. The van der Waals surface area contributed by atoms with Crippen molar-refractivity contribution < 1.29 is 28.2 Å². The Balaban J connectivity index is 1.90. The summed E-state index contributed by atoms with van der Waals surface area (Å²) in [5.74, 6) is -1.96. The van der Waals surface area contributed by atoms with Gasteiger partial charge in [-0.2, -0.15) is 0 Å². The first-order chi connectivity index (χ1) is 11.2. The van der Waals surface area contributed by atoms with E-state index < -0.39 is 37.9 Å². The Bertz CT molecular complexity index is 795. The molecule has 1 aromatic heterocycles. The number of carbonyl (C=O) groups is 2. The van der Waals surface area contributed by atoms with Crippen LogP contribution in [0, 0.1) is 0 Å². The fraction of sp³-hybridized carbons (Fsp3) is 0.727. The second kappa shape index (κ2) is 5.67. The van der Waals surface area contributed by atoms with Gasteiger partial charge in [0, 0.05) is 5.75 Å². The van der Waals surface area contributed by atoms with Gasteiger partial charge in [-0.25, -0.2) is 17.9 Å². The number of aliphatic carboxylic acids is 1. The molecule has 2 aliphatic heterocycles. The molecule has 0 aromatic carbocycles. The molecule has 0 unspecified atom stereocenters. The van der Waals surface area contributed by atoms with E-state index in [1.807, 2.05) is 0 Å². The molecule has 0 radical (unpaired) electrons. The topological polar surface area (TPSA) is 156 Å². The minimum atomic E-state index is -3.86. The predicted molar refractivity (Wildman–Crippen MR) is 79.6 cm³/mol. The van der Waals surface area contributed by atoms with Crippen LogP contribution in [0.1, 0.15) is 13.3 Å². The number of aliphatic hydroxyl groups is 1. The average Bonchev–Trinajstić information content (AvgIpc) is 2.99. The Morgan fingerprint density at radius 1 is 1.50 bits per heavy atom. The zero-order chi connectivity index (χ0) is 17.7. The van der Waals surface area contributed by atoms with Crippen molar-refractivity contribution >= 4 is 33.5 Å². The highest BCUT2D eigenvalue weighted by Crippen LogP contribution is 2.47. The molecule has 2 fully saturated rings. The lowest BCUT2D eigenvalue weighted by atomic mass is 9.98. The van der Waals surface area contributed by atoms with Gasteiger partial charge in [0.25, 0.3) is 0 Å². The minimum absolute atomic E-state index is 0.127. The standard InChI is InChI=1S/C11H15N5O6S2/c1-11(5-23-10-12-13-14-15(10)2-3-17)8(9(19)20)16-6(18)4-7(16)24(11,21)22/h7-8,17H,2-5H2,1H3,(H,19,20)/t7-,8-,11-/m0/s1. The molecule has 11 nitrogen and oxygen atoms in total. The van der Waals surface area contributed by atoms with Crippen LogP contribution in [0.3, 0.4) is 0 Å². The molecule has 1 aromatic rings. The summed E-state index contributed by atoms with van der Waals surface area (Å²) in [7, 11) is -3.86. The summed E-state index contributed by atoms with van der Waals surface area (Å²) in [6, 6.07) is -1.44. The van der Waals surface area contributed by atoms with Crippen LogP contribution in [0.4, 0.5) is 0 Å². The summed E-state index contributed by atoms with van der Waals surface area (Å²) in [5, 5.41) is 28.5. The van der Waals surface area contributed by atoms with E-state index in [9.17, 15) is 23.1 Å². The predicted octanol–water partition coefficient (Wildman–Crippen LogP) is -2.04. The lowest BCUT2D eigenvalue weighted by Gasteiger charge is -2.35. The van der Waals surface area contributed by atoms with Crippen molar-refractivity contribution in [1.29, 1.82) is 0 Å². The van der Waals surface area contributed by atoms with E-state index in [1.165, 1.54) is 11.6 Å². The van der Waals surface area contributed by atoms with Crippen molar-refractivity contribution in [2.24, 2.45) is 0 Å². The van der Waals surface area contributed by atoms with E-state index in [2.05, 4.69) is 15.5 Å². The minimum Gasteiger partial charge on any atom is -0.480 e. The quantitative estimate of drug-likeness (QED) is 0.418. The number of hydrogen-bond donors (Lipinski definition) is 2. The lowest BCUT2D eigenvalue weighted by molar-refractivity contribution is -0.157. The Morgan fingerprint density at radius 3 is 2.79 bits per heavy atom. The highest BCUT2D eigenvalue weighted by Gasteiger charge is 2.69. The van der Waals surface area contributed by atoms with Gasteiger partial charge in [-0.3, -0.25) is 4.79 Å². The van der Waals surface area contributed by atoms with Crippen LogP contribution >= 0.6 is 11.8 Å². The number of aliphatic hydroxyl groups excluding tert-OH is 1. The third-order valence-corrected chi connectivity index (χ3v) is 8.60. The van der Waals surface area contributed by atoms with Crippen LogP contribution in [-0.4, -0.2) is 84.1 Å². The first kappa shape index (κ1) is 17.1. The highest BCUT2D eigenvalue weighted by atomic mass is 32.2. The van der Waals surface area contributed by atoms with Crippen molar-refractivity contribution in [1.82, 2.24) is 25.1 Å². The number of tetrazole rings is 1. The number of hydrogen-bond acceptors (Lipinski definition) is 9. The van der Waals surface area contributed by atoms with Crippen LogP contribution in [0.25, 0.3) is 0 Å². The van der Waals surface area contributed by atoms with Crippen LogP contribution in [0.5, 0.6) is 0 Å². The number of fused-ring (bicyclic) bond motifs is 1. The molecule has 132 valence electrons. The highest BCUT2D eigenvalue weighted by molar-refractivity contribution is 8.01. The summed E-state index contributed by atoms with van der Waals surface area (Å²) in [6.45, 7) is 1.27. The summed E-state index contributed by atoms with van der Waals surface area (Å²) in [5.41, 5.74) is 0. The number of carboxylic acids is 1. The van der Waals surface area contributed by atoms with Gasteiger partial charge < -0.3 is 15.1 Å². The number of carbonyl (C=O) groups excluding carboxylic acids is 1. The molecule has 3 atom stereocenters. The number of rotatable bonds is 6. The molecule has 2 N–H and O–H groups in total. The smallest absolute Gasteiger partial charge is 0.328 e. The number of amides is 1. The van der Waals surface area contributed by atoms with Crippen LogP contribution in [0.2, 0.25) is 0 Å². The SMILES string of the molecule is C[C@]1(CSc2nnnn2CCO)[C@H](C(=O)O)N2C(=O)C[C@@H]2S1(=O)=O. The van der Waals surface area contributed by atoms with Gasteiger partial charge in [-0.1, -0.05) is 11.8 Å². The Morgan fingerprint density at radius 2 is 2.21 bits per heavy atom. The maximum Gasteiger partial charge on any atom is 0.328 e. The van der Waals surface area contributed by atoms with Crippen LogP contribution < -0.4 is 0 Å². The van der Waals surface area contributed by atoms with E-state index in [-0.39, 0.29) is 30.5 Å². The van der Waals surface area contributed by atoms with Crippen molar-refractivity contribution in [3.63, 3.8) is 0 Å². The van der Waals surface area contributed by atoms with Gasteiger partial charge in [0.2, 0.25) is 11.1 Å².